The number of rotatable bonds is 3. The van der Waals surface area contributed by atoms with E-state index in [0.29, 0.717) is 22.4 Å². The van der Waals surface area contributed by atoms with Crippen LogP contribution in [-0.2, 0) is 15.4 Å². The number of hydrogen-bond acceptors (Lipinski definition) is 5. The standard InChI is InChI=1S/C16H17N3O4S/c1-16(2,3)15-13(9-17-18-15)24(21,22)19-11-5-6-12-10(8-11)4-7-14(20)23-12/h4-9,19H,1-3H3,(H,17,18). The summed E-state index contributed by atoms with van der Waals surface area (Å²) in [5.74, 6) is 0. The van der Waals surface area contributed by atoms with Gasteiger partial charge in [-0.2, -0.15) is 5.10 Å². The van der Waals surface area contributed by atoms with Crippen molar-refractivity contribution in [3.63, 3.8) is 0 Å². The molecule has 2 heterocycles. The summed E-state index contributed by atoms with van der Waals surface area (Å²) in [5.41, 5.74) is 0.445. The van der Waals surface area contributed by atoms with Crippen LogP contribution in [0.4, 0.5) is 5.69 Å². The third-order valence-electron chi connectivity index (χ3n) is 3.52. The second-order valence-electron chi connectivity index (χ2n) is 6.47. The molecule has 126 valence electrons. The Morgan fingerprint density at radius 3 is 2.62 bits per heavy atom. The Labute approximate surface area is 138 Å². The molecule has 0 unspecified atom stereocenters. The smallest absolute Gasteiger partial charge is 0.336 e. The van der Waals surface area contributed by atoms with Gasteiger partial charge >= 0.3 is 5.63 Å². The van der Waals surface area contributed by atoms with E-state index >= 15 is 0 Å². The molecule has 2 N–H and O–H groups in total. The van der Waals surface area contributed by atoms with E-state index < -0.39 is 21.1 Å². The van der Waals surface area contributed by atoms with Crippen molar-refractivity contribution in [3.8, 4) is 0 Å². The molecule has 0 atom stereocenters. The van der Waals surface area contributed by atoms with Crippen molar-refractivity contribution in [1.82, 2.24) is 10.2 Å². The Morgan fingerprint density at radius 2 is 1.92 bits per heavy atom. The van der Waals surface area contributed by atoms with E-state index in [1.807, 2.05) is 20.8 Å². The van der Waals surface area contributed by atoms with Gasteiger partial charge in [0, 0.05) is 22.6 Å². The van der Waals surface area contributed by atoms with E-state index in [9.17, 15) is 13.2 Å². The van der Waals surface area contributed by atoms with Gasteiger partial charge in [0.1, 0.15) is 10.5 Å². The number of anilines is 1. The van der Waals surface area contributed by atoms with E-state index in [0.717, 1.165) is 0 Å². The minimum Gasteiger partial charge on any atom is -0.423 e. The highest BCUT2D eigenvalue weighted by molar-refractivity contribution is 7.92. The molecule has 0 saturated heterocycles. The topological polar surface area (TPSA) is 105 Å². The fourth-order valence-corrected chi connectivity index (χ4v) is 3.72. The zero-order chi connectivity index (χ0) is 17.5. The van der Waals surface area contributed by atoms with Gasteiger partial charge in [-0.05, 0) is 24.3 Å². The molecule has 3 rings (SSSR count). The summed E-state index contributed by atoms with van der Waals surface area (Å²) in [6.07, 6.45) is 1.29. The van der Waals surface area contributed by atoms with Crippen LogP contribution in [-0.4, -0.2) is 18.6 Å². The highest BCUT2D eigenvalue weighted by Crippen LogP contribution is 2.28. The SMILES string of the molecule is CC(C)(C)c1[nH]ncc1S(=O)(=O)Nc1ccc2oc(=O)ccc2c1. The lowest BCUT2D eigenvalue weighted by atomic mass is 9.92. The molecular weight excluding hydrogens is 330 g/mol. The third-order valence-corrected chi connectivity index (χ3v) is 4.91. The van der Waals surface area contributed by atoms with Crippen molar-refractivity contribution in [2.75, 3.05) is 4.72 Å². The lowest BCUT2D eigenvalue weighted by molar-refractivity contribution is 0.547. The number of nitrogens with zero attached hydrogens (tertiary/aromatic N) is 1. The largest absolute Gasteiger partial charge is 0.423 e. The van der Waals surface area contributed by atoms with Crippen molar-refractivity contribution in [2.45, 2.75) is 31.1 Å². The number of benzene rings is 1. The molecule has 1 aromatic carbocycles. The molecule has 0 aliphatic heterocycles. The first-order valence-electron chi connectivity index (χ1n) is 7.27. The van der Waals surface area contributed by atoms with Crippen LogP contribution in [0.2, 0.25) is 0 Å². The fourth-order valence-electron chi connectivity index (χ4n) is 2.36. The number of aromatic amines is 1. The highest BCUT2D eigenvalue weighted by atomic mass is 32.2. The summed E-state index contributed by atoms with van der Waals surface area (Å²) in [7, 11) is -3.80. The molecule has 0 aliphatic carbocycles. The summed E-state index contributed by atoms with van der Waals surface area (Å²) < 4.78 is 32.9. The second-order valence-corrected chi connectivity index (χ2v) is 8.12. The van der Waals surface area contributed by atoms with Crippen LogP contribution in [0, 0.1) is 0 Å². The number of H-pyrrole nitrogens is 1. The summed E-state index contributed by atoms with van der Waals surface area (Å²) in [4.78, 5) is 11.3. The quantitative estimate of drug-likeness (QED) is 0.709. The number of aromatic nitrogens is 2. The van der Waals surface area contributed by atoms with Gasteiger partial charge in [0.2, 0.25) is 0 Å². The van der Waals surface area contributed by atoms with E-state index in [1.54, 1.807) is 24.3 Å². The average Bonchev–Trinajstić information content (AvgIpc) is 2.97. The molecule has 0 spiro atoms. The van der Waals surface area contributed by atoms with Crippen LogP contribution in [0.25, 0.3) is 11.0 Å². The van der Waals surface area contributed by atoms with Crippen LogP contribution in [0.1, 0.15) is 26.5 Å². The molecule has 0 fully saturated rings. The highest BCUT2D eigenvalue weighted by Gasteiger charge is 2.28. The molecule has 0 bridgehead atoms. The van der Waals surface area contributed by atoms with Crippen molar-refractivity contribution < 1.29 is 12.8 Å². The summed E-state index contributed by atoms with van der Waals surface area (Å²) in [6.45, 7) is 5.70. The lowest BCUT2D eigenvalue weighted by Gasteiger charge is -2.18. The van der Waals surface area contributed by atoms with Gasteiger partial charge in [-0.15, -0.1) is 0 Å². The molecule has 0 radical (unpaired) electrons. The van der Waals surface area contributed by atoms with Gasteiger partial charge in [-0.3, -0.25) is 9.82 Å². The van der Waals surface area contributed by atoms with Crippen LogP contribution >= 0.6 is 0 Å². The fraction of sp³-hybridized carbons (Fsp3) is 0.250. The Morgan fingerprint density at radius 1 is 1.17 bits per heavy atom. The van der Waals surface area contributed by atoms with Gasteiger partial charge in [-0.25, -0.2) is 13.2 Å². The molecule has 7 nitrogen and oxygen atoms in total. The number of hydrogen-bond donors (Lipinski definition) is 2. The number of sulfonamides is 1. The minimum absolute atomic E-state index is 0.106. The maximum atomic E-state index is 12.7. The van der Waals surface area contributed by atoms with E-state index in [2.05, 4.69) is 14.9 Å². The summed E-state index contributed by atoms with van der Waals surface area (Å²) in [6, 6.07) is 7.56. The molecule has 0 aliphatic rings. The van der Waals surface area contributed by atoms with Gasteiger partial charge in [0.25, 0.3) is 10.0 Å². The Balaban J connectivity index is 2.00. The number of nitrogens with one attached hydrogen (secondary N) is 2. The molecule has 0 amide bonds. The molecule has 8 heteroatoms. The molecular formula is C16H17N3O4S. The average molecular weight is 347 g/mol. The second kappa shape index (κ2) is 5.48. The van der Waals surface area contributed by atoms with E-state index in [1.165, 1.54) is 12.3 Å². The van der Waals surface area contributed by atoms with Crippen molar-refractivity contribution >= 4 is 26.7 Å². The lowest BCUT2D eigenvalue weighted by Crippen LogP contribution is -2.20. The van der Waals surface area contributed by atoms with Gasteiger partial charge < -0.3 is 4.42 Å². The molecule has 2 aromatic heterocycles. The van der Waals surface area contributed by atoms with E-state index in [4.69, 9.17) is 4.42 Å². The summed E-state index contributed by atoms with van der Waals surface area (Å²) >= 11 is 0. The first kappa shape index (κ1) is 16.3. The van der Waals surface area contributed by atoms with Crippen LogP contribution in [0.15, 0.2) is 50.6 Å². The monoisotopic (exact) mass is 347 g/mol. The Bertz CT molecular complexity index is 1060. The van der Waals surface area contributed by atoms with Crippen LogP contribution in [0.5, 0.6) is 0 Å². The first-order chi connectivity index (χ1) is 11.2. The minimum atomic E-state index is -3.80. The van der Waals surface area contributed by atoms with Gasteiger partial charge in [-0.1, -0.05) is 20.8 Å². The molecule has 0 saturated carbocycles. The third kappa shape index (κ3) is 3.05. The normalized spacial score (nSPS) is 12.5. The summed E-state index contributed by atoms with van der Waals surface area (Å²) in [5, 5.41) is 7.24. The van der Waals surface area contributed by atoms with Crippen LogP contribution in [0.3, 0.4) is 0 Å². The van der Waals surface area contributed by atoms with Crippen LogP contribution < -0.4 is 10.3 Å². The Hall–Kier alpha value is -2.61. The number of fused-ring (bicyclic) bond motifs is 1. The maximum absolute atomic E-state index is 12.7. The first-order valence-corrected chi connectivity index (χ1v) is 8.76. The molecule has 3 aromatic rings. The predicted octanol–water partition coefficient (Wildman–Crippen LogP) is 2.61. The Kier molecular flexibility index (Phi) is 3.71. The molecule has 24 heavy (non-hydrogen) atoms. The van der Waals surface area contributed by atoms with Crippen molar-refractivity contribution in [2.24, 2.45) is 0 Å². The predicted molar refractivity (Wildman–Crippen MR) is 90.6 cm³/mol. The maximum Gasteiger partial charge on any atom is 0.336 e. The zero-order valence-electron chi connectivity index (χ0n) is 13.5. The van der Waals surface area contributed by atoms with Crippen molar-refractivity contribution in [1.29, 1.82) is 0 Å². The van der Waals surface area contributed by atoms with E-state index in [-0.39, 0.29) is 4.90 Å². The van der Waals surface area contributed by atoms with Gasteiger partial charge in [0.05, 0.1) is 11.9 Å². The van der Waals surface area contributed by atoms with Crippen molar-refractivity contribution in [3.05, 3.63) is 52.6 Å². The van der Waals surface area contributed by atoms with Gasteiger partial charge in [0.15, 0.2) is 0 Å². The zero-order valence-corrected chi connectivity index (χ0v) is 14.3.